The molecule has 0 aromatic heterocycles. The van der Waals surface area contributed by atoms with Crippen molar-refractivity contribution in [1.82, 2.24) is 0 Å². The molecule has 0 radical (unpaired) electrons. The maximum Gasteiger partial charge on any atom is 0.144 e. The number of ether oxygens (including phenoxy) is 1. The molecule has 0 saturated carbocycles. The summed E-state index contributed by atoms with van der Waals surface area (Å²) in [4.78, 5) is 0. The van der Waals surface area contributed by atoms with Crippen LogP contribution >= 0.6 is 39.1 Å². The topological polar surface area (TPSA) is 29.5 Å². The lowest BCUT2D eigenvalue weighted by Gasteiger charge is -2.13. The van der Waals surface area contributed by atoms with E-state index in [0.717, 1.165) is 4.47 Å². The standard InChI is InChI=1S/C14H10BrCl2FO2/c15-10-1-2-13(18)9(3-10)7-20-14-8(6-19)4-11(16)5-12(14)17/h1-5,19H,6-7H2. The van der Waals surface area contributed by atoms with Crippen molar-refractivity contribution in [3.8, 4) is 5.75 Å². The Balaban J connectivity index is 2.25. The molecule has 0 aliphatic rings. The highest BCUT2D eigenvalue weighted by molar-refractivity contribution is 9.10. The van der Waals surface area contributed by atoms with Gasteiger partial charge in [0.2, 0.25) is 0 Å². The molecule has 6 heteroatoms. The van der Waals surface area contributed by atoms with Gasteiger partial charge in [0, 0.05) is 20.6 Å². The van der Waals surface area contributed by atoms with Gasteiger partial charge in [-0.05, 0) is 30.3 Å². The van der Waals surface area contributed by atoms with E-state index in [4.69, 9.17) is 27.9 Å². The molecule has 1 N–H and O–H groups in total. The van der Waals surface area contributed by atoms with Crippen LogP contribution in [0.25, 0.3) is 0 Å². The van der Waals surface area contributed by atoms with E-state index < -0.39 is 0 Å². The lowest BCUT2D eigenvalue weighted by atomic mass is 10.2. The van der Waals surface area contributed by atoms with E-state index >= 15 is 0 Å². The van der Waals surface area contributed by atoms with Gasteiger partial charge in [-0.3, -0.25) is 0 Å². The van der Waals surface area contributed by atoms with Crippen LogP contribution < -0.4 is 4.74 Å². The summed E-state index contributed by atoms with van der Waals surface area (Å²) in [7, 11) is 0. The highest BCUT2D eigenvalue weighted by Crippen LogP contribution is 2.33. The van der Waals surface area contributed by atoms with E-state index in [2.05, 4.69) is 15.9 Å². The van der Waals surface area contributed by atoms with Gasteiger partial charge in [-0.15, -0.1) is 0 Å². The minimum atomic E-state index is -0.371. The van der Waals surface area contributed by atoms with Crippen LogP contribution in [0, 0.1) is 5.82 Å². The normalized spacial score (nSPS) is 10.7. The van der Waals surface area contributed by atoms with E-state index in [-0.39, 0.29) is 24.1 Å². The highest BCUT2D eigenvalue weighted by atomic mass is 79.9. The molecule has 0 bridgehead atoms. The zero-order valence-corrected chi connectivity index (χ0v) is 13.3. The second-order valence-electron chi connectivity index (χ2n) is 4.06. The van der Waals surface area contributed by atoms with Crippen LogP contribution in [0.15, 0.2) is 34.8 Å². The van der Waals surface area contributed by atoms with Gasteiger partial charge >= 0.3 is 0 Å². The van der Waals surface area contributed by atoms with Gasteiger partial charge in [-0.25, -0.2) is 4.39 Å². The Kier molecular flexibility index (Phi) is 5.27. The molecule has 2 nitrogen and oxygen atoms in total. The zero-order valence-electron chi connectivity index (χ0n) is 10.2. The lowest BCUT2D eigenvalue weighted by molar-refractivity contribution is 0.257. The fraction of sp³-hybridized carbons (Fsp3) is 0.143. The van der Waals surface area contributed by atoms with Crippen LogP contribution in [0.5, 0.6) is 5.75 Å². The number of halogens is 4. The van der Waals surface area contributed by atoms with Gasteiger partial charge in [0.15, 0.2) is 0 Å². The van der Waals surface area contributed by atoms with E-state index in [9.17, 15) is 9.50 Å². The van der Waals surface area contributed by atoms with Gasteiger partial charge in [0.1, 0.15) is 18.2 Å². The summed E-state index contributed by atoms with van der Waals surface area (Å²) in [6.45, 7) is -0.268. The summed E-state index contributed by atoms with van der Waals surface area (Å²) < 4.78 is 19.9. The first kappa shape index (κ1) is 15.6. The lowest BCUT2D eigenvalue weighted by Crippen LogP contribution is -2.02. The quantitative estimate of drug-likeness (QED) is 0.812. The first-order valence-electron chi connectivity index (χ1n) is 5.66. The highest BCUT2D eigenvalue weighted by Gasteiger charge is 2.12. The van der Waals surface area contributed by atoms with E-state index in [1.165, 1.54) is 12.1 Å². The number of hydrogen-bond donors (Lipinski definition) is 1. The van der Waals surface area contributed by atoms with Crippen LogP contribution in [0.4, 0.5) is 4.39 Å². The summed E-state index contributed by atoms with van der Waals surface area (Å²) in [6, 6.07) is 7.64. The van der Waals surface area contributed by atoms with E-state index in [0.29, 0.717) is 21.9 Å². The van der Waals surface area contributed by atoms with Crippen molar-refractivity contribution in [2.24, 2.45) is 0 Å². The van der Waals surface area contributed by atoms with Gasteiger partial charge < -0.3 is 9.84 Å². The average Bonchev–Trinajstić information content (AvgIpc) is 2.40. The van der Waals surface area contributed by atoms with Crippen molar-refractivity contribution in [2.45, 2.75) is 13.2 Å². The molecule has 0 saturated heterocycles. The molecule has 0 heterocycles. The first-order chi connectivity index (χ1) is 9.51. The van der Waals surface area contributed by atoms with E-state index in [1.54, 1.807) is 18.2 Å². The largest absolute Gasteiger partial charge is 0.487 e. The Hall–Kier alpha value is -0.810. The fourth-order valence-corrected chi connectivity index (χ4v) is 2.70. The number of hydrogen-bond acceptors (Lipinski definition) is 2. The van der Waals surface area contributed by atoms with Crippen LogP contribution in [0.1, 0.15) is 11.1 Å². The molecule has 0 aliphatic carbocycles. The van der Waals surface area contributed by atoms with Crippen molar-refractivity contribution in [3.63, 3.8) is 0 Å². The molecule has 0 aliphatic heterocycles. The third kappa shape index (κ3) is 3.64. The predicted molar refractivity (Wildman–Crippen MR) is 80.8 cm³/mol. The van der Waals surface area contributed by atoms with Gasteiger partial charge in [-0.2, -0.15) is 0 Å². The molecule has 106 valence electrons. The van der Waals surface area contributed by atoms with Crippen LogP contribution in [-0.2, 0) is 13.2 Å². The SMILES string of the molecule is OCc1cc(Cl)cc(Cl)c1OCc1cc(Br)ccc1F. The summed E-state index contributed by atoms with van der Waals surface area (Å²) in [6.07, 6.45) is 0. The van der Waals surface area contributed by atoms with Gasteiger partial charge in [0.05, 0.1) is 11.6 Å². The zero-order chi connectivity index (χ0) is 14.7. The maximum atomic E-state index is 13.6. The molecule has 2 aromatic carbocycles. The second-order valence-corrected chi connectivity index (χ2v) is 5.82. The molecule has 2 rings (SSSR count). The Morgan fingerprint density at radius 2 is 1.90 bits per heavy atom. The summed E-state index contributed by atoms with van der Waals surface area (Å²) >= 11 is 15.1. The molecule has 0 amide bonds. The molecule has 2 aromatic rings. The molecular weight excluding hydrogens is 370 g/mol. The molecule has 0 unspecified atom stereocenters. The maximum absolute atomic E-state index is 13.6. The monoisotopic (exact) mass is 378 g/mol. The molecule has 0 fully saturated rings. The molecular formula is C14H10BrCl2FO2. The number of aliphatic hydroxyl groups is 1. The van der Waals surface area contributed by atoms with Crippen molar-refractivity contribution >= 4 is 39.1 Å². The molecule has 20 heavy (non-hydrogen) atoms. The Bertz CT molecular complexity index is 635. The van der Waals surface area contributed by atoms with Crippen LogP contribution in [-0.4, -0.2) is 5.11 Å². The Morgan fingerprint density at radius 1 is 1.15 bits per heavy atom. The Morgan fingerprint density at radius 3 is 2.60 bits per heavy atom. The summed E-state index contributed by atoms with van der Waals surface area (Å²) in [5.74, 6) is -0.0678. The number of aliphatic hydroxyl groups excluding tert-OH is 1. The van der Waals surface area contributed by atoms with Crippen LogP contribution in [0.2, 0.25) is 10.0 Å². The third-order valence-corrected chi connectivity index (χ3v) is 3.63. The molecule has 0 spiro atoms. The van der Waals surface area contributed by atoms with Crippen molar-refractivity contribution in [1.29, 1.82) is 0 Å². The van der Waals surface area contributed by atoms with Gasteiger partial charge in [-0.1, -0.05) is 39.1 Å². The van der Waals surface area contributed by atoms with Crippen molar-refractivity contribution in [2.75, 3.05) is 0 Å². The van der Waals surface area contributed by atoms with Crippen molar-refractivity contribution in [3.05, 3.63) is 61.8 Å². The predicted octanol–water partition coefficient (Wildman–Crippen LogP) is 4.97. The first-order valence-corrected chi connectivity index (χ1v) is 7.21. The third-order valence-electron chi connectivity index (χ3n) is 2.64. The van der Waals surface area contributed by atoms with E-state index in [1.807, 2.05) is 0 Å². The second kappa shape index (κ2) is 6.76. The summed E-state index contributed by atoms with van der Waals surface area (Å²) in [5, 5.41) is 9.96. The molecule has 0 atom stereocenters. The summed E-state index contributed by atoms with van der Waals surface area (Å²) in [5.41, 5.74) is 0.840. The van der Waals surface area contributed by atoms with Gasteiger partial charge in [0.25, 0.3) is 0 Å². The fourth-order valence-electron chi connectivity index (χ4n) is 1.70. The van der Waals surface area contributed by atoms with Crippen molar-refractivity contribution < 1.29 is 14.2 Å². The number of benzene rings is 2. The average molecular weight is 380 g/mol. The Labute approximate surface area is 134 Å². The van der Waals surface area contributed by atoms with Crippen LogP contribution in [0.3, 0.4) is 0 Å². The smallest absolute Gasteiger partial charge is 0.144 e. The number of rotatable bonds is 4. The minimum absolute atomic E-state index is 0.000371. The minimum Gasteiger partial charge on any atom is -0.487 e.